The van der Waals surface area contributed by atoms with Gasteiger partial charge in [-0.25, -0.2) is 14.2 Å². The number of aryl methyl sites for hydroxylation is 1. The number of amides is 2. The highest BCUT2D eigenvalue weighted by Gasteiger charge is 2.47. The van der Waals surface area contributed by atoms with Gasteiger partial charge in [-0.05, 0) is 56.5 Å². The highest BCUT2D eigenvalue weighted by atomic mass is 19.4. The number of carbonyl (C=O) groups excluding carboxylic acids is 1. The molecule has 11 heteroatoms. The van der Waals surface area contributed by atoms with E-state index in [4.69, 9.17) is 5.73 Å². The van der Waals surface area contributed by atoms with Crippen LogP contribution < -0.4 is 11.1 Å². The van der Waals surface area contributed by atoms with E-state index in [1.54, 1.807) is 27.8 Å². The molecule has 2 aliphatic rings. The number of anilines is 1. The summed E-state index contributed by atoms with van der Waals surface area (Å²) in [6.45, 7) is 5.22. The molecule has 1 atom stereocenters. The van der Waals surface area contributed by atoms with Crippen LogP contribution in [-0.4, -0.2) is 38.8 Å². The molecular weight excluding hydrogens is 476 g/mol. The van der Waals surface area contributed by atoms with Gasteiger partial charge in [-0.2, -0.15) is 18.3 Å². The minimum atomic E-state index is -4.62. The number of pyridine rings is 1. The molecule has 0 saturated carbocycles. The summed E-state index contributed by atoms with van der Waals surface area (Å²) in [4.78, 5) is 18.6. The van der Waals surface area contributed by atoms with Crippen LogP contribution in [0.15, 0.2) is 42.6 Å². The number of benzene rings is 1. The molecule has 2 amide bonds. The summed E-state index contributed by atoms with van der Waals surface area (Å²) in [6, 6.07) is 8.63. The molecule has 0 radical (unpaired) electrons. The van der Waals surface area contributed by atoms with Crippen molar-refractivity contribution in [1.82, 2.24) is 25.0 Å². The van der Waals surface area contributed by atoms with Crippen LogP contribution in [0, 0.1) is 5.82 Å². The van der Waals surface area contributed by atoms with Crippen LogP contribution in [0.4, 0.5) is 28.2 Å². The number of hydrogen-bond acceptors (Lipinski definition) is 4. The minimum Gasteiger partial charge on any atom is -0.383 e. The fourth-order valence-corrected chi connectivity index (χ4v) is 5.20. The monoisotopic (exact) mass is 502 g/mol. The van der Waals surface area contributed by atoms with Gasteiger partial charge in [0.1, 0.15) is 11.6 Å². The number of likely N-dealkylation sites (tertiary alicyclic amines) is 1. The Morgan fingerprint density at radius 2 is 1.89 bits per heavy atom. The first-order chi connectivity index (χ1) is 16.9. The Bertz CT molecular complexity index is 1330. The number of aromatic nitrogens is 3. The van der Waals surface area contributed by atoms with Crippen LogP contribution in [-0.2, 0) is 23.7 Å². The summed E-state index contributed by atoms with van der Waals surface area (Å²) < 4.78 is 55.4. The lowest BCUT2D eigenvalue weighted by Crippen LogP contribution is -2.48. The second kappa shape index (κ2) is 8.21. The zero-order chi connectivity index (χ0) is 25.9. The molecule has 1 fully saturated rings. The number of hydrogen-bond donors (Lipinski definition) is 2. The molecule has 2 aromatic heterocycles. The van der Waals surface area contributed by atoms with E-state index in [9.17, 15) is 22.4 Å². The minimum absolute atomic E-state index is 0.234. The van der Waals surface area contributed by atoms with Gasteiger partial charge in [0, 0.05) is 42.5 Å². The standard InChI is InChI=1S/C25H26F4N6O/c1-23(2,16-4-3-5-17(26)11-16)32-22(36)34-8-6-24(14-34)7-9-35-20(24)12-19(33-35)15-10-18(25(27,28)29)21(30)31-13-15/h3-5,10-13H,6-9,14H2,1-2H3,(H2,30,31)(H,32,36). The second-order valence-corrected chi connectivity index (χ2v) is 10.1. The first-order valence-corrected chi connectivity index (χ1v) is 11.6. The highest BCUT2D eigenvalue weighted by Crippen LogP contribution is 2.44. The van der Waals surface area contributed by atoms with Crippen molar-refractivity contribution in [2.24, 2.45) is 0 Å². The number of alkyl halides is 3. The Labute approximate surface area is 205 Å². The first kappa shape index (κ1) is 24.1. The Kier molecular flexibility index (Phi) is 5.49. The third-order valence-corrected chi connectivity index (χ3v) is 7.25. The summed E-state index contributed by atoms with van der Waals surface area (Å²) in [6.07, 6.45) is -1.84. The maximum atomic E-state index is 13.7. The zero-order valence-corrected chi connectivity index (χ0v) is 19.9. The predicted octanol–water partition coefficient (Wildman–Crippen LogP) is 4.68. The van der Waals surface area contributed by atoms with Gasteiger partial charge in [0.2, 0.25) is 0 Å². The van der Waals surface area contributed by atoms with Gasteiger partial charge in [-0.15, -0.1) is 0 Å². The van der Waals surface area contributed by atoms with Crippen LogP contribution in [0.5, 0.6) is 0 Å². The number of nitrogen functional groups attached to an aromatic ring is 1. The quantitative estimate of drug-likeness (QED) is 0.509. The molecule has 7 nitrogen and oxygen atoms in total. The first-order valence-electron chi connectivity index (χ1n) is 11.6. The smallest absolute Gasteiger partial charge is 0.383 e. The van der Waals surface area contributed by atoms with Crippen molar-refractivity contribution >= 4 is 11.8 Å². The van der Waals surface area contributed by atoms with Crippen molar-refractivity contribution in [2.75, 3.05) is 18.8 Å². The molecule has 1 aromatic carbocycles. The van der Waals surface area contributed by atoms with Gasteiger partial charge in [0.05, 0.1) is 16.8 Å². The molecule has 36 heavy (non-hydrogen) atoms. The number of nitrogens with one attached hydrogen (secondary N) is 1. The average molecular weight is 503 g/mol. The van der Waals surface area contributed by atoms with Crippen LogP contribution in [0.3, 0.4) is 0 Å². The summed E-state index contributed by atoms with van der Waals surface area (Å²) in [7, 11) is 0. The van der Waals surface area contributed by atoms with Gasteiger partial charge in [0.15, 0.2) is 0 Å². The Hall–Kier alpha value is -3.63. The van der Waals surface area contributed by atoms with E-state index in [-0.39, 0.29) is 22.8 Å². The molecule has 0 bridgehead atoms. The lowest BCUT2D eigenvalue weighted by Gasteiger charge is -2.30. The average Bonchev–Trinajstić information content (AvgIpc) is 3.50. The Morgan fingerprint density at radius 3 is 2.61 bits per heavy atom. The summed E-state index contributed by atoms with van der Waals surface area (Å²) >= 11 is 0. The Balaban J connectivity index is 1.35. The maximum Gasteiger partial charge on any atom is 0.419 e. The van der Waals surface area contributed by atoms with Gasteiger partial charge in [0.25, 0.3) is 0 Å². The largest absolute Gasteiger partial charge is 0.419 e. The highest BCUT2D eigenvalue weighted by molar-refractivity contribution is 5.76. The van der Waals surface area contributed by atoms with Crippen molar-refractivity contribution < 1.29 is 22.4 Å². The van der Waals surface area contributed by atoms with Crippen molar-refractivity contribution in [3.05, 3.63) is 65.2 Å². The molecule has 4 heterocycles. The fourth-order valence-electron chi connectivity index (χ4n) is 5.20. The van der Waals surface area contributed by atoms with Gasteiger partial charge in [-0.1, -0.05) is 12.1 Å². The number of rotatable bonds is 3. The van der Waals surface area contributed by atoms with Crippen LogP contribution in [0.1, 0.15) is 43.5 Å². The molecule has 3 N–H and O–H groups in total. The molecule has 1 spiro atoms. The van der Waals surface area contributed by atoms with E-state index in [1.165, 1.54) is 18.3 Å². The summed E-state index contributed by atoms with van der Waals surface area (Å²) in [5.41, 5.74) is 5.50. The number of nitrogens with zero attached hydrogens (tertiary/aromatic N) is 4. The summed E-state index contributed by atoms with van der Waals surface area (Å²) in [5.74, 6) is -0.947. The van der Waals surface area contributed by atoms with E-state index >= 15 is 0 Å². The van der Waals surface area contributed by atoms with Crippen LogP contribution in [0.25, 0.3) is 11.3 Å². The maximum absolute atomic E-state index is 13.7. The van der Waals surface area contributed by atoms with Gasteiger partial charge in [-0.3, -0.25) is 4.68 Å². The van der Waals surface area contributed by atoms with E-state index < -0.39 is 23.1 Å². The van der Waals surface area contributed by atoms with E-state index in [0.717, 1.165) is 18.2 Å². The van der Waals surface area contributed by atoms with Crippen molar-refractivity contribution in [2.45, 2.75) is 50.4 Å². The molecule has 0 aliphatic carbocycles. The number of carbonyl (C=O) groups is 1. The van der Waals surface area contributed by atoms with E-state index in [2.05, 4.69) is 15.4 Å². The van der Waals surface area contributed by atoms with Crippen LogP contribution in [0.2, 0.25) is 0 Å². The molecule has 1 unspecified atom stereocenters. The third-order valence-electron chi connectivity index (χ3n) is 7.25. The van der Waals surface area contributed by atoms with Gasteiger partial charge >= 0.3 is 12.2 Å². The molecule has 190 valence electrons. The molecule has 5 rings (SSSR count). The topological polar surface area (TPSA) is 89.1 Å². The molecule has 1 saturated heterocycles. The normalized spacial score (nSPS) is 19.7. The van der Waals surface area contributed by atoms with Crippen molar-refractivity contribution in [3.63, 3.8) is 0 Å². The van der Waals surface area contributed by atoms with Crippen molar-refractivity contribution in [3.8, 4) is 11.3 Å². The number of nitrogens with two attached hydrogens (primary N) is 1. The molecule has 3 aromatic rings. The fraction of sp³-hybridized carbons (Fsp3) is 0.400. The second-order valence-electron chi connectivity index (χ2n) is 10.1. The zero-order valence-electron chi connectivity index (χ0n) is 19.9. The SMILES string of the molecule is CC(C)(NC(=O)N1CCC2(CCn3nc(-c4cnc(N)c(C(F)(F)F)c4)cc32)C1)c1cccc(F)c1. The number of urea groups is 1. The van der Waals surface area contributed by atoms with E-state index in [0.29, 0.717) is 37.3 Å². The lowest BCUT2D eigenvalue weighted by molar-refractivity contribution is -0.137. The number of halogens is 4. The number of fused-ring (bicyclic) bond motifs is 2. The van der Waals surface area contributed by atoms with E-state index in [1.807, 2.05) is 13.8 Å². The van der Waals surface area contributed by atoms with Gasteiger partial charge < -0.3 is 16.0 Å². The predicted molar refractivity (Wildman–Crippen MR) is 125 cm³/mol. The molecular formula is C25H26F4N6O. The molecule has 2 aliphatic heterocycles. The van der Waals surface area contributed by atoms with Crippen LogP contribution >= 0.6 is 0 Å². The van der Waals surface area contributed by atoms with Crippen molar-refractivity contribution in [1.29, 1.82) is 0 Å². The Morgan fingerprint density at radius 1 is 1.14 bits per heavy atom. The third kappa shape index (κ3) is 4.16. The lowest BCUT2D eigenvalue weighted by atomic mass is 9.82. The summed E-state index contributed by atoms with van der Waals surface area (Å²) in [5, 5.41) is 7.52.